The number of fused-ring (bicyclic) bond motifs is 1. The number of hydrogen-bond acceptors (Lipinski definition) is 2. The lowest BCUT2D eigenvalue weighted by Gasteiger charge is -2.23. The Balaban J connectivity index is 1.57. The molecule has 1 aromatic carbocycles. The molecule has 0 aromatic heterocycles. The minimum atomic E-state index is 0.169. The minimum Gasteiger partial charge on any atom is -0.352 e. The van der Waals surface area contributed by atoms with Crippen molar-refractivity contribution in [1.82, 2.24) is 10.6 Å². The highest BCUT2D eigenvalue weighted by molar-refractivity contribution is 5.79. The summed E-state index contributed by atoms with van der Waals surface area (Å²) in [5.41, 5.74) is 2.79. The number of carbonyl (C=O) groups is 1. The summed E-state index contributed by atoms with van der Waals surface area (Å²) < 4.78 is 0. The number of rotatable bonds is 2. The number of piperidine rings is 1. The van der Waals surface area contributed by atoms with Crippen molar-refractivity contribution in [2.75, 3.05) is 13.1 Å². The number of carbonyl (C=O) groups excluding carboxylic acids is 1. The van der Waals surface area contributed by atoms with Gasteiger partial charge in [-0.1, -0.05) is 24.3 Å². The van der Waals surface area contributed by atoms with Gasteiger partial charge in [-0.3, -0.25) is 4.79 Å². The van der Waals surface area contributed by atoms with Crippen LogP contribution in [0, 0.1) is 5.92 Å². The largest absolute Gasteiger partial charge is 0.352 e. The lowest BCUT2D eigenvalue weighted by molar-refractivity contribution is -0.126. The van der Waals surface area contributed by atoms with Crippen LogP contribution in [0.2, 0.25) is 0 Å². The molecule has 1 heterocycles. The standard InChI is InChI=1S/C15H20N2O/c18-15(13-6-3-7-16-10-13)17-14-8-11-4-1-2-5-12(11)9-14/h1-2,4-5,13-14,16H,3,6-10H2,(H,17,18)/t13-/m0/s1. The van der Waals surface area contributed by atoms with Gasteiger partial charge in [0.15, 0.2) is 0 Å². The Morgan fingerprint density at radius 2 is 1.94 bits per heavy atom. The highest BCUT2D eigenvalue weighted by Gasteiger charge is 2.26. The molecule has 0 radical (unpaired) electrons. The Morgan fingerprint density at radius 1 is 1.22 bits per heavy atom. The maximum absolute atomic E-state index is 12.2. The molecule has 1 aromatic rings. The molecular formula is C15H20N2O. The van der Waals surface area contributed by atoms with Gasteiger partial charge in [-0.25, -0.2) is 0 Å². The second-order valence-electron chi connectivity index (χ2n) is 5.43. The molecule has 1 atom stereocenters. The third kappa shape index (κ3) is 2.41. The highest BCUT2D eigenvalue weighted by atomic mass is 16.2. The number of hydrogen-bond donors (Lipinski definition) is 2. The number of amides is 1. The number of nitrogens with one attached hydrogen (secondary N) is 2. The summed E-state index contributed by atoms with van der Waals surface area (Å²) in [5.74, 6) is 0.405. The van der Waals surface area contributed by atoms with Crippen LogP contribution in [0.15, 0.2) is 24.3 Å². The SMILES string of the molecule is O=C(NC1Cc2ccccc2C1)[C@H]1CCCNC1. The van der Waals surface area contributed by atoms with Crippen LogP contribution in [0.5, 0.6) is 0 Å². The van der Waals surface area contributed by atoms with E-state index in [-0.39, 0.29) is 11.8 Å². The van der Waals surface area contributed by atoms with Gasteiger partial charge in [-0.05, 0) is 43.4 Å². The van der Waals surface area contributed by atoms with Gasteiger partial charge >= 0.3 is 0 Å². The zero-order valence-electron chi connectivity index (χ0n) is 10.6. The van der Waals surface area contributed by atoms with Crippen molar-refractivity contribution in [1.29, 1.82) is 0 Å². The Labute approximate surface area is 108 Å². The zero-order valence-corrected chi connectivity index (χ0v) is 10.6. The van der Waals surface area contributed by atoms with Gasteiger partial charge in [0, 0.05) is 12.6 Å². The zero-order chi connectivity index (χ0) is 12.4. The third-order valence-electron chi connectivity index (χ3n) is 4.07. The molecule has 1 saturated heterocycles. The average molecular weight is 244 g/mol. The van der Waals surface area contributed by atoms with Gasteiger partial charge in [0.1, 0.15) is 0 Å². The molecule has 0 bridgehead atoms. The number of benzene rings is 1. The predicted molar refractivity (Wildman–Crippen MR) is 71.4 cm³/mol. The first-order valence-corrected chi connectivity index (χ1v) is 6.91. The van der Waals surface area contributed by atoms with E-state index in [1.165, 1.54) is 11.1 Å². The molecule has 2 N–H and O–H groups in total. The molecule has 0 unspecified atom stereocenters. The first kappa shape index (κ1) is 11.7. The van der Waals surface area contributed by atoms with E-state index in [0.717, 1.165) is 38.8 Å². The van der Waals surface area contributed by atoms with Crippen LogP contribution < -0.4 is 10.6 Å². The van der Waals surface area contributed by atoms with Crippen LogP contribution in [-0.4, -0.2) is 25.0 Å². The van der Waals surface area contributed by atoms with Crippen molar-refractivity contribution >= 4 is 5.91 Å². The van der Waals surface area contributed by atoms with Crippen LogP contribution in [0.1, 0.15) is 24.0 Å². The monoisotopic (exact) mass is 244 g/mol. The van der Waals surface area contributed by atoms with Gasteiger partial charge in [0.25, 0.3) is 0 Å². The lowest BCUT2D eigenvalue weighted by atomic mass is 9.98. The van der Waals surface area contributed by atoms with E-state index in [1.807, 2.05) is 0 Å². The molecule has 0 saturated carbocycles. The van der Waals surface area contributed by atoms with Crippen molar-refractivity contribution in [3.05, 3.63) is 35.4 Å². The van der Waals surface area contributed by atoms with Crippen molar-refractivity contribution in [2.24, 2.45) is 5.92 Å². The molecular weight excluding hydrogens is 224 g/mol. The normalized spacial score (nSPS) is 23.7. The quantitative estimate of drug-likeness (QED) is 0.822. The first-order valence-electron chi connectivity index (χ1n) is 6.91. The Hall–Kier alpha value is -1.35. The fourth-order valence-electron chi connectivity index (χ4n) is 3.06. The summed E-state index contributed by atoms with van der Waals surface area (Å²) in [6, 6.07) is 8.80. The van der Waals surface area contributed by atoms with Crippen molar-refractivity contribution in [2.45, 2.75) is 31.7 Å². The summed E-state index contributed by atoms with van der Waals surface area (Å²) in [6.45, 7) is 1.89. The van der Waals surface area contributed by atoms with Crippen molar-refractivity contribution in [3.8, 4) is 0 Å². The van der Waals surface area contributed by atoms with Crippen molar-refractivity contribution < 1.29 is 4.79 Å². The summed E-state index contributed by atoms with van der Waals surface area (Å²) in [4.78, 5) is 12.2. The second-order valence-corrected chi connectivity index (χ2v) is 5.43. The fraction of sp³-hybridized carbons (Fsp3) is 0.533. The molecule has 1 amide bonds. The lowest BCUT2D eigenvalue weighted by Crippen LogP contribution is -2.44. The molecule has 2 aliphatic rings. The van der Waals surface area contributed by atoms with E-state index in [2.05, 4.69) is 34.9 Å². The van der Waals surface area contributed by atoms with Gasteiger partial charge < -0.3 is 10.6 Å². The Kier molecular flexibility index (Phi) is 3.33. The summed E-state index contributed by atoms with van der Waals surface area (Å²) in [6.07, 6.45) is 4.12. The van der Waals surface area contributed by atoms with E-state index in [4.69, 9.17) is 0 Å². The highest BCUT2D eigenvalue weighted by Crippen LogP contribution is 2.22. The Bertz CT molecular complexity index is 413. The van der Waals surface area contributed by atoms with Gasteiger partial charge in [-0.15, -0.1) is 0 Å². The first-order chi connectivity index (χ1) is 8.83. The molecule has 3 rings (SSSR count). The van der Waals surface area contributed by atoms with E-state index < -0.39 is 0 Å². The average Bonchev–Trinajstić information content (AvgIpc) is 2.82. The van der Waals surface area contributed by atoms with Crippen LogP contribution in [0.3, 0.4) is 0 Å². The molecule has 1 aliphatic heterocycles. The second kappa shape index (κ2) is 5.11. The summed E-state index contributed by atoms with van der Waals surface area (Å²) >= 11 is 0. The molecule has 0 spiro atoms. The van der Waals surface area contributed by atoms with E-state index in [0.29, 0.717) is 6.04 Å². The van der Waals surface area contributed by atoms with Gasteiger partial charge in [-0.2, -0.15) is 0 Å². The van der Waals surface area contributed by atoms with E-state index in [9.17, 15) is 4.79 Å². The molecule has 3 nitrogen and oxygen atoms in total. The fourth-order valence-corrected chi connectivity index (χ4v) is 3.06. The van der Waals surface area contributed by atoms with Crippen LogP contribution in [0.25, 0.3) is 0 Å². The van der Waals surface area contributed by atoms with E-state index in [1.54, 1.807) is 0 Å². The van der Waals surface area contributed by atoms with Gasteiger partial charge in [0.2, 0.25) is 5.91 Å². The Morgan fingerprint density at radius 3 is 2.56 bits per heavy atom. The third-order valence-corrected chi connectivity index (χ3v) is 4.07. The summed E-state index contributed by atoms with van der Waals surface area (Å²) in [7, 11) is 0. The van der Waals surface area contributed by atoms with E-state index >= 15 is 0 Å². The van der Waals surface area contributed by atoms with Crippen LogP contribution in [0.4, 0.5) is 0 Å². The predicted octanol–water partition coefficient (Wildman–Crippen LogP) is 1.27. The molecule has 18 heavy (non-hydrogen) atoms. The molecule has 1 aliphatic carbocycles. The van der Waals surface area contributed by atoms with Gasteiger partial charge in [0.05, 0.1) is 5.92 Å². The molecule has 3 heteroatoms. The maximum Gasteiger partial charge on any atom is 0.224 e. The topological polar surface area (TPSA) is 41.1 Å². The minimum absolute atomic E-state index is 0.169. The van der Waals surface area contributed by atoms with Crippen molar-refractivity contribution in [3.63, 3.8) is 0 Å². The van der Waals surface area contributed by atoms with Crippen LogP contribution in [-0.2, 0) is 17.6 Å². The van der Waals surface area contributed by atoms with Crippen LogP contribution >= 0.6 is 0 Å². The summed E-state index contributed by atoms with van der Waals surface area (Å²) in [5, 5.41) is 6.51. The smallest absolute Gasteiger partial charge is 0.224 e. The maximum atomic E-state index is 12.2. The molecule has 96 valence electrons. The molecule has 1 fully saturated rings.